The van der Waals surface area contributed by atoms with Crippen LogP contribution in [0.5, 0.6) is 0 Å². The van der Waals surface area contributed by atoms with Crippen LogP contribution in [0.2, 0.25) is 0 Å². The molecule has 2 aromatic carbocycles. The number of fused-ring (bicyclic) bond motifs is 1. The van der Waals surface area contributed by atoms with Crippen LogP contribution in [0.25, 0.3) is 10.9 Å². The van der Waals surface area contributed by atoms with Gasteiger partial charge in [-0.3, -0.25) is 0 Å². The van der Waals surface area contributed by atoms with Crippen molar-refractivity contribution in [2.75, 3.05) is 12.4 Å². The lowest BCUT2D eigenvalue weighted by atomic mass is 10.1. The summed E-state index contributed by atoms with van der Waals surface area (Å²) in [6.07, 6.45) is 0. The van der Waals surface area contributed by atoms with Crippen LogP contribution < -0.4 is 5.32 Å². The molecule has 0 aliphatic rings. The van der Waals surface area contributed by atoms with Gasteiger partial charge < -0.3 is 14.6 Å². The number of esters is 1. The number of aryl methyl sites for hydroxylation is 1. The van der Waals surface area contributed by atoms with Gasteiger partial charge in [-0.2, -0.15) is 0 Å². The first-order valence-electron chi connectivity index (χ1n) is 6.81. The van der Waals surface area contributed by atoms with Crippen LogP contribution in [0.4, 0.5) is 20.2 Å². The summed E-state index contributed by atoms with van der Waals surface area (Å²) in [5, 5.41) is 6.75. The molecular formula is C16H11F2IN2O3. The molecule has 0 radical (unpaired) electrons. The summed E-state index contributed by atoms with van der Waals surface area (Å²) in [5.74, 6) is -1.59. The number of anilines is 2. The quantitative estimate of drug-likeness (QED) is 0.475. The highest BCUT2D eigenvalue weighted by Crippen LogP contribution is 2.33. The van der Waals surface area contributed by atoms with Crippen LogP contribution in [0, 0.1) is 22.1 Å². The Morgan fingerprint density at radius 1 is 1.33 bits per heavy atom. The zero-order valence-electron chi connectivity index (χ0n) is 12.6. The average molecular weight is 444 g/mol. The first kappa shape index (κ1) is 16.6. The Balaban J connectivity index is 2.18. The van der Waals surface area contributed by atoms with Crippen molar-refractivity contribution < 1.29 is 22.8 Å². The summed E-state index contributed by atoms with van der Waals surface area (Å²) < 4.78 is 38.6. The molecule has 3 aromatic rings. The molecule has 5 nitrogen and oxygen atoms in total. The van der Waals surface area contributed by atoms with Crippen molar-refractivity contribution in [3.63, 3.8) is 0 Å². The molecular weight excluding hydrogens is 433 g/mol. The predicted octanol–water partition coefficient (Wildman–Crippen LogP) is 4.55. The number of hydrogen-bond acceptors (Lipinski definition) is 5. The van der Waals surface area contributed by atoms with E-state index >= 15 is 0 Å². The lowest BCUT2D eigenvalue weighted by molar-refractivity contribution is 0.0601. The first-order chi connectivity index (χ1) is 11.4. The van der Waals surface area contributed by atoms with E-state index in [0.29, 0.717) is 14.7 Å². The molecule has 0 amide bonds. The molecule has 0 unspecified atom stereocenters. The molecule has 0 aliphatic heterocycles. The number of nitrogens with one attached hydrogen (secondary N) is 1. The van der Waals surface area contributed by atoms with Crippen molar-refractivity contribution >= 4 is 50.8 Å². The second-order valence-electron chi connectivity index (χ2n) is 4.99. The van der Waals surface area contributed by atoms with Crippen LogP contribution in [0.3, 0.4) is 0 Å². The van der Waals surface area contributed by atoms with Crippen LogP contribution in [-0.2, 0) is 4.74 Å². The molecule has 0 saturated heterocycles. The Morgan fingerprint density at radius 2 is 2.08 bits per heavy atom. The van der Waals surface area contributed by atoms with E-state index in [1.807, 2.05) is 22.6 Å². The van der Waals surface area contributed by atoms with Gasteiger partial charge in [0, 0.05) is 14.6 Å². The Bertz CT molecular complexity index is 956. The number of nitrogens with zero attached hydrogens (tertiary/aromatic N) is 1. The fraction of sp³-hybridized carbons (Fsp3) is 0.125. The van der Waals surface area contributed by atoms with Gasteiger partial charge in [-0.05, 0) is 53.8 Å². The molecule has 8 heteroatoms. The summed E-state index contributed by atoms with van der Waals surface area (Å²) in [7, 11) is 1.19. The number of aromatic nitrogens is 1. The first-order valence-corrected chi connectivity index (χ1v) is 7.89. The summed E-state index contributed by atoms with van der Waals surface area (Å²) in [6, 6.07) is 5.75. The van der Waals surface area contributed by atoms with E-state index in [0.717, 1.165) is 0 Å². The molecule has 1 N–H and O–H groups in total. The number of benzene rings is 2. The summed E-state index contributed by atoms with van der Waals surface area (Å²) in [5.41, 5.74) is 0.0844. The molecule has 0 saturated carbocycles. The summed E-state index contributed by atoms with van der Waals surface area (Å²) >= 11 is 1.84. The topological polar surface area (TPSA) is 64.4 Å². The van der Waals surface area contributed by atoms with Gasteiger partial charge in [0.2, 0.25) is 0 Å². The monoisotopic (exact) mass is 444 g/mol. The highest BCUT2D eigenvalue weighted by atomic mass is 127. The van der Waals surface area contributed by atoms with Gasteiger partial charge in [-0.15, -0.1) is 0 Å². The third-order valence-electron chi connectivity index (χ3n) is 3.49. The third kappa shape index (κ3) is 2.81. The van der Waals surface area contributed by atoms with Crippen LogP contribution in [0.15, 0.2) is 28.8 Å². The summed E-state index contributed by atoms with van der Waals surface area (Å²) in [6.45, 7) is 1.61. The normalized spacial score (nSPS) is 10.9. The highest BCUT2D eigenvalue weighted by molar-refractivity contribution is 14.1. The zero-order chi connectivity index (χ0) is 17.4. The van der Waals surface area contributed by atoms with Crippen LogP contribution in [-0.4, -0.2) is 18.2 Å². The van der Waals surface area contributed by atoms with E-state index in [2.05, 4.69) is 10.5 Å². The maximum absolute atomic E-state index is 14.8. The Labute approximate surface area is 149 Å². The number of carbonyl (C=O) groups is 1. The molecule has 0 aliphatic carbocycles. The van der Waals surface area contributed by atoms with Gasteiger partial charge in [0.25, 0.3) is 0 Å². The minimum Gasteiger partial charge on any atom is -0.465 e. The number of carbonyl (C=O) groups excluding carboxylic acids is 1. The van der Waals surface area contributed by atoms with Gasteiger partial charge in [0.15, 0.2) is 11.3 Å². The van der Waals surface area contributed by atoms with E-state index in [1.54, 1.807) is 13.0 Å². The van der Waals surface area contributed by atoms with E-state index in [1.165, 1.54) is 25.3 Å². The van der Waals surface area contributed by atoms with Crippen LogP contribution in [0.1, 0.15) is 16.1 Å². The minimum absolute atomic E-state index is 0.0198. The van der Waals surface area contributed by atoms with Gasteiger partial charge >= 0.3 is 5.97 Å². The van der Waals surface area contributed by atoms with E-state index in [9.17, 15) is 13.6 Å². The fourth-order valence-corrected chi connectivity index (χ4v) is 2.61. The maximum atomic E-state index is 14.8. The smallest absolute Gasteiger partial charge is 0.340 e. The molecule has 124 valence electrons. The number of rotatable bonds is 3. The molecule has 3 rings (SSSR count). The van der Waals surface area contributed by atoms with Crippen molar-refractivity contribution in [1.82, 2.24) is 5.16 Å². The van der Waals surface area contributed by atoms with Crippen molar-refractivity contribution in [2.24, 2.45) is 0 Å². The van der Waals surface area contributed by atoms with E-state index in [-0.39, 0.29) is 22.5 Å². The largest absolute Gasteiger partial charge is 0.465 e. The van der Waals surface area contributed by atoms with E-state index < -0.39 is 17.6 Å². The lowest BCUT2D eigenvalue weighted by Gasteiger charge is -2.12. The van der Waals surface area contributed by atoms with Crippen molar-refractivity contribution in [2.45, 2.75) is 6.92 Å². The molecule has 0 fully saturated rings. The average Bonchev–Trinajstić information content (AvgIpc) is 2.94. The number of hydrogen-bond donors (Lipinski definition) is 1. The third-order valence-corrected chi connectivity index (χ3v) is 4.36. The van der Waals surface area contributed by atoms with Gasteiger partial charge in [-0.25, -0.2) is 13.6 Å². The highest BCUT2D eigenvalue weighted by Gasteiger charge is 2.23. The van der Waals surface area contributed by atoms with E-state index in [4.69, 9.17) is 9.26 Å². The molecule has 0 bridgehead atoms. The minimum atomic E-state index is -0.774. The van der Waals surface area contributed by atoms with Gasteiger partial charge in [-0.1, -0.05) is 5.16 Å². The molecule has 0 spiro atoms. The number of methoxy groups -OCH3 is 1. The maximum Gasteiger partial charge on any atom is 0.340 e. The second-order valence-corrected chi connectivity index (χ2v) is 6.16. The Hall–Kier alpha value is -2.23. The van der Waals surface area contributed by atoms with Gasteiger partial charge in [0.1, 0.15) is 11.6 Å². The predicted molar refractivity (Wildman–Crippen MR) is 92.4 cm³/mol. The SMILES string of the molecule is COC(=O)c1cc2c(C)onc2c(F)c1Nc1ccc(I)c(F)c1. The molecule has 0 atom stereocenters. The second kappa shape index (κ2) is 6.34. The molecule has 1 heterocycles. The van der Waals surface area contributed by atoms with Crippen LogP contribution >= 0.6 is 22.6 Å². The Morgan fingerprint density at radius 3 is 2.75 bits per heavy atom. The standard InChI is InChI=1S/C16H11F2IN2O3/c1-7-9-6-10(16(22)23-2)14(13(18)15(9)21-24-7)20-8-3-4-12(19)11(17)5-8/h3-6,20H,1-2H3. The zero-order valence-corrected chi connectivity index (χ0v) is 14.8. The lowest BCUT2D eigenvalue weighted by Crippen LogP contribution is -2.08. The molecule has 24 heavy (non-hydrogen) atoms. The number of ether oxygens (including phenoxy) is 1. The summed E-state index contributed by atoms with van der Waals surface area (Å²) in [4.78, 5) is 12.0. The van der Waals surface area contributed by atoms with Crippen molar-refractivity contribution in [3.05, 3.63) is 50.8 Å². The number of halogens is 3. The van der Waals surface area contributed by atoms with Crippen molar-refractivity contribution in [3.8, 4) is 0 Å². The van der Waals surface area contributed by atoms with Crippen molar-refractivity contribution in [1.29, 1.82) is 0 Å². The fourth-order valence-electron chi connectivity index (χ4n) is 2.27. The molecule has 1 aromatic heterocycles. The Kier molecular flexibility index (Phi) is 4.39. The van der Waals surface area contributed by atoms with Gasteiger partial charge in [0.05, 0.1) is 18.4 Å².